The Morgan fingerprint density at radius 1 is 1.25 bits per heavy atom. The summed E-state index contributed by atoms with van der Waals surface area (Å²) in [6.45, 7) is 5.37. The van der Waals surface area contributed by atoms with Crippen molar-refractivity contribution in [1.82, 2.24) is 10.2 Å². The topological polar surface area (TPSA) is 50.8 Å². The molecule has 0 saturated carbocycles. The van der Waals surface area contributed by atoms with Crippen molar-refractivity contribution in [3.63, 3.8) is 0 Å². The van der Waals surface area contributed by atoms with Crippen LogP contribution in [0.4, 0.5) is 0 Å². The fourth-order valence-electron chi connectivity index (χ4n) is 3.04. The van der Waals surface area contributed by atoms with Crippen molar-refractivity contribution in [1.29, 1.82) is 0 Å². The minimum atomic E-state index is -0.349. The lowest BCUT2D eigenvalue weighted by Gasteiger charge is -2.35. The molecule has 128 valence electrons. The summed E-state index contributed by atoms with van der Waals surface area (Å²) in [4.78, 5) is 15.0. The number of carbonyl (C=O) groups excluding carboxylic acids is 1. The smallest absolute Gasteiger partial charge is 0.308 e. The number of methoxy groups -OCH3 is 1. The van der Waals surface area contributed by atoms with Crippen LogP contribution in [0.3, 0.4) is 0 Å². The Labute approximate surface area is 146 Å². The van der Waals surface area contributed by atoms with Gasteiger partial charge in [0.15, 0.2) is 11.5 Å². The lowest BCUT2D eigenvalue weighted by molar-refractivity contribution is -0.132. The van der Waals surface area contributed by atoms with E-state index in [2.05, 4.69) is 27.7 Å². The van der Waals surface area contributed by atoms with Crippen molar-refractivity contribution in [3.05, 3.63) is 46.2 Å². The molecule has 1 aliphatic heterocycles. The number of piperazine rings is 1. The molecule has 2 aromatic rings. The van der Waals surface area contributed by atoms with Gasteiger partial charge in [-0.1, -0.05) is 12.1 Å². The quantitative estimate of drug-likeness (QED) is 0.666. The van der Waals surface area contributed by atoms with E-state index in [1.807, 2.05) is 18.2 Å². The van der Waals surface area contributed by atoms with Crippen LogP contribution in [0, 0.1) is 0 Å². The number of carbonyl (C=O) groups is 1. The molecule has 0 bridgehead atoms. The molecule has 1 aliphatic rings. The number of hydrogen-bond acceptors (Lipinski definition) is 6. The molecule has 0 aliphatic carbocycles. The Kier molecular flexibility index (Phi) is 5.50. The highest BCUT2D eigenvalue weighted by atomic mass is 32.1. The van der Waals surface area contributed by atoms with Crippen molar-refractivity contribution in [3.8, 4) is 11.5 Å². The van der Waals surface area contributed by atoms with Crippen molar-refractivity contribution < 1.29 is 14.3 Å². The van der Waals surface area contributed by atoms with Crippen molar-refractivity contribution in [2.75, 3.05) is 33.3 Å². The molecular weight excluding hydrogens is 324 g/mol. The number of esters is 1. The molecule has 1 atom stereocenters. The van der Waals surface area contributed by atoms with Gasteiger partial charge in [-0.2, -0.15) is 0 Å². The van der Waals surface area contributed by atoms with Crippen molar-refractivity contribution in [2.24, 2.45) is 0 Å². The predicted octanol–water partition coefficient (Wildman–Crippen LogP) is 2.68. The summed E-state index contributed by atoms with van der Waals surface area (Å²) in [5.41, 5.74) is 1.15. The van der Waals surface area contributed by atoms with Crippen LogP contribution in [-0.4, -0.2) is 44.2 Å². The molecule has 0 spiro atoms. The molecule has 6 heteroatoms. The Morgan fingerprint density at radius 2 is 2.04 bits per heavy atom. The first-order chi connectivity index (χ1) is 11.7. The van der Waals surface area contributed by atoms with Crippen LogP contribution in [0.1, 0.15) is 23.4 Å². The van der Waals surface area contributed by atoms with Gasteiger partial charge in [-0.15, -0.1) is 11.3 Å². The fraction of sp³-hybridized carbons (Fsp3) is 0.389. The standard InChI is InChI=1S/C18H22N2O3S/c1-13(21)23-15-6-5-14(12-16(15)22-2)18(17-4-3-11-24-17)20-9-7-19-8-10-20/h3-6,11-12,18-19H,7-10H2,1-2H3/t18-/m0/s1. The van der Waals surface area contributed by atoms with E-state index in [1.54, 1.807) is 18.4 Å². The van der Waals surface area contributed by atoms with Crippen LogP contribution in [0.5, 0.6) is 11.5 Å². The Bertz CT molecular complexity index is 682. The van der Waals surface area contributed by atoms with Crippen LogP contribution in [0.2, 0.25) is 0 Å². The molecule has 3 rings (SSSR count). The van der Waals surface area contributed by atoms with Gasteiger partial charge < -0.3 is 14.8 Å². The minimum Gasteiger partial charge on any atom is -0.493 e. The third kappa shape index (κ3) is 3.77. The van der Waals surface area contributed by atoms with Crippen LogP contribution >= 0.6 is 11.3 Å². The Morgan fingerprint density at radius 3 is 2.67 bits per heavy atom. The molecule has 0 radical (unpaired) electrons. The number of ether oxygens (including phenoxy) is 2. The molecule has 0 amide bonds. The van der Waals surface area contributed by atoms with E-state index in [1.165, 1.54) is 11.8 Å². The molecule has 1 saturated heterocycles. The number of benzene rings is 1. The number of rotatable bonds is 5. The summed E-state index contributed by atoms with van der Waals surface area (Å²) >= 11 is 1.76. The third-order valence-electron chi connectivity index (χ3n) is 4.09. The summed E-state index contributed by atoms with van der Waals surface area (Å²) in [6.07, 6.45) is 0. The molecule has 2 heterocycles. The van der Waals surface area contributed by atoms with Gasteiger partial charge in [0.25, 0.3) is 0 Å². The molecule has 1 fully saturated rings. The summed E-state index contributed by atoms with van der Waals surface area (Å²) in [5.74, 6) is 0.691. The second-order valence-corrected chi connectivity index (χ2v) is 6.69. The maximum Gasteiger partial charge on any atom is 0.308 e. The Hall–Kier alpha value is -1.89. The SMILES string of the molecule is COc1cc([C@@H](c2cccs2)N2CCNCC2)ccc1OC(C)=O. The van der Waals surface area contributed by atoms with Gasteiger partial charge in [0.1, 0.15) is 0 Å². The molecule has 5 nitrogen and oxygen atoms in total. The van der Waals surface area contributed by atoms with Crippen LogP contribution < -0.4 is 14.8 Å². The summed E-state index contributed by atoms with van der Waals surface area (Å²) in [7, 11) is 1.59. The molecule has 1 aromatic carbocycles. The van der Waals surface area contributed by atoms with E-state index in [9.17, 15) is 4.79 Å². The number of thiophene rings is 1. The van der Waals surface area contributed by atoms with E-state index in [-0.39, 0.29) is 12.0 Å². The average Bonchev–Trinajstić information content (AvgIpc) is 3.11. The molecular formula is C18H22N2O3S. The fourth-order valence-corrected chi connectivity index (χ4v) is 3.92. The highest BCUT2D eigenvalue weighted by Gasteiger charge is 2.25. The Balaban J connectivity index is 1.96. The highest BCUT2D eigenvalue weighted by molar-refractivity contribution is 7.10. The van der Waals surface area contributed by atoms with Gasteiger partial charge in [0, 0.05) is 38.0 Å². The van der Waals surface area contributed by atoms with E-state index in [0.29, 0.717) is 11.5 Å². The second-order valence-electron chi connectivity index (χ2n) is 5.71. The maximum absolute atomic E-state index is 11.2. The molecule has 24 heavy (non-hydrogen) atoms. The lowest BCUT2D eigenvalue weighted by atomic mass is 10.0. The first kappa shape index (κ1) is 17.0. The number of nitrogens with zero attached hydrogens (tertiary/aromatic N) is 1. The van der Waals surface area contributed by atoms with Gasteiger partial charge in [-0.05, 0) is 29.1 Å². The van der Waals surface area contributed by atoms with E-state index < -0.39 is 0 Å². The molecule has 1 N–H and O–H groups in total. The van der Waals surface area contributed by atoms with Crippen molar-refractivity contribution >= 4 is 17.3 Å². The zero-order valence-corrected chi connectivity index (χ0v) is 14.8. The van der Waals surface area contributed by atoms with Crippen LogP contribution in [-0.2, 0) is 4.79 Å². The third-order valence-corrected chi connectivity index (χ3v) is 5.01. The maximum atomic E-state index is 11.2. The summed E-state index contributed by atoms with van der Waals surface area (Å²) in [5, 5.41) is 5.51. The predicted molar refractivity (Wildman–Crippen MR) is 94.9 cm³/mol. The lowest BCUT2D eigenvalue weighted by Crippen LogP contribution is -2.45. The summed E-state index contributed by atoms with van der Waals surface area (Å²) in [6, 6.07) is 10.3. The monoisotopic (exact) mass is 346 g/mol. The number of hydrogen-bond donors (Lipinski definition) is 1. The van der Waals surface area contributed by atoms with Gasteiger partial charge in [-0.25, -0.2) is 0 Å². The van der Waals surface area contributed by atoms with Gasteiger partial charge in [-0.3, -0.25) is 9.69 Å². The van der Waals surface area contributed by atoms with Crippen molar-refractivity contribution in [2.45, 2.75) is 13.0 Å². The van der Waals surface area contributed by atoms with E-state index in [4.69, 9.17) is 9.47 Å². The zero-order valence-electron chi connectivity index (χ0n) is 14.0. The molecule has 0 unspecified atom stereocenters. The van der Waals surface area contributed by atoms with E-state index >= 15 is 0 Å². The van der Waals surface area contributed by atoms with Crippen LogP contribution in [0.15, 0.2) is 35.7 Å². The highest BCUT2D eigenvalue weighted by Crippen LogP contribution is 2.37. The van der Waals surface area contributed by atoms with Crippen LogP contribution in [0.25, 0.3) is 0 Å². The van der Waals surface area contributed by atoms with Gasteiger partial charge in [0.2, 0.25) is 0 Å². The summed E-state index contributed by atoms with van der Waals surface area (Å²) < 4.78 is 10.7. The van der Waals surface area contributed by atoms with Gasteiger partial charge >= 0.3 is 5.97 Å². The molecule has 1 aromatic heterocycles. The average molecular weight is 346 g/mol. The first-order valence-corrected chi connectivity index (χ1v) is 8.91. The largest absolute Gasteiger partial charge is 0.493 e. The first-order valence-electron chi connectivity index (χ1n) is 8.03. The van der Waals surface area contributed by atoms with E-state index in [0.717, 1.165) is 31.7 Å². The number of nitrogens with one attached hydrogen (secondary N) is 1. The minimum absolute atomic E-state index is 0.187. The van der Waals surface area contributed by atoms with Gasteiger partial charge in [0.05, 0.1) is 13.2 Å². The normalized spacial score (nSPS) is 16.6. The zero-order chi connectivity index (χ0) is 16.9. The second kappa shape index (κ2) is 7.79.